The van der Waals surface area contributed by atoms with Gasteiger partial charge < -0.3 is 10.5 Å². The number of nitrogens with zero attached hydrogens (tertiary/aromatic N) is 1. The minimum Gasteiger partial charge on any atom is -0.497 e. The molecule has 2 rings (SSSR count). The first-order valence-corrected chi connectivity index (χ1v) is 8.16. The van der Waals surface area contributed by atoms with Gasteiger partial charge in [0.2, 0.25) is 0 Å². The zero-order chi connectivity index (χ0) is 14.8. The molecule has 0 atom stereocenters. The Kier molecular flexibility index (Phi) is 4.32. The molecule has 0 aliphatic rings. The van der Waals surface area contributed by atoms with E-state index in [0.29, 0.717) is 18.0 Å². The molecule has 7 heteroatoms. The normalized spacial score (nSPS) is 11.3. The fourth-order valence-corrected chi connectivity index (χ4v) is 4.27. The maximum absolute atomic E-state index is 12.5. The van der Waals surface area contributed by atoms with Crippen molar-refractivity contribution < 1.29 is 13.2 Å². The Morgan fingerprint density at radius 3 is 2.35 bits per heavy atom. The molecule has 1 heterocycles. The summed E-state index contributed by atoms with van der Waals surface area (Å²) in [6, 6.07) is 10.2. The summed E-state index contributed by atoms with van der Waals surface area (Å²) in [5, 5.41) is 0. The Labute approximate surface area is 122 Å². The highest BCUT2D eigenvalue weighted by Crippen LogP contribution is 2.28. The molecule has 108 valence electrons. The summed E-state index contributed by atoms with van der Waals surface area (Å²) < 4.78 is 31.6. The van der Waals surface area contributed by atoms with E-state index in [4.69, 9.17) is 10.5 Å². The van der Waals surface area contributed by atoms with Crippen molar-refractivity contribution in [1.29, 1.82) is 0 Å². The van der Waals surface area contributed by atoms with E-state index in [1.54, 1.807) is 43.5 Å². The molecular weight excluding hydrogens is 296 g/mol. The Hall–Kier alpha value is -1.57. The van der Waals surface area contributed by atoms with E-state index in [1.165, 1.54) is 22.7 Å². The van der Waals surface area contributed by atoms with Crippen molar-refractivity contribution in [2.45, 2.75) is 10.8 Å². The molecule has 0 radical (unpaired) electrons. The summed E-state index contributed by atoms with van der Waals surface area (Å²) in [7, 11) is -0.454. The molecule has 20 heavy (non-hydrogen) atoms. The Morgan fingerprint density at radius 2 is 1.85 bits per heavy atom. The van der Waals surface area contributed by atoms with Crippen molar-refractivity contribution in [3.8, 4) is 5.75 Å². The van der Waals surface area contributed by atoms with Crippen LogP contribution < -0.4 is 14.8 Å². The van der Waals surface area contributed by atoms with Crippen molar-refractivity contribution >= 4 is 27.0 Å². The van der Waals surface area contributed by atoms with Crippen molar-refractivity contribution in [3.05, 3.63) is 41.3 Å². The molecule has 0 aliphatic heterocycles. The molecule has 1 aromatic carbocycles. The first-order valence-electron chi connectivity index (χ1n) is 5.91. The Balaban J connectivity index is 2.32. The average molecular weight is 312 g/mol. The maximum Gasteiger partial charge on any atom is 0.273 e. The quantitative estimate of drug-likeness (QED) is 0.917. The number of nitrogens with two attached hydrogens (primary N) is 1. The van der Waals surface area contributed by atoms with Crippen LogP contribution in [0.1, 0.15) is 4.88 Å². The molecule has 2 N–H and O–H groups in total. The van der Waals surface area contributed by atoms with Crippen LogP contribution in [0.4, 0.5) is 5.69 Å². The van der Waals surface area contributed by atoms with Gasteiger partial charge in [-0.2, -0.15) is 0 Å². The highest BCUT2D eigenvalue weighted by molar-refractivity contribution is 7.94. The molecule has 1 aromatic heterocycles. The van der Waals surface area contributed by atoms with Crippen molar-refractivity contribution in [2.75, 3.05) is 18.5 Å². The molecule has 0 saturated carbocycles. The van der Waals surface area contributed by atoms with Crippen LogP contribution in [0.5, 0.6) is 5.75 Å². The van der Waals surface area contributed by atoms with Gasteiger partial charge in [-0.25, -0.2) is 8.42 Å². The summed E-state index contributed by atoms with van der Waals surface area (Å²) in [4.78, 5) is 0.840. The van der Waals surface area contributed by atoms with Gasteiger partial charge in [0.1, 0.15) is 9.96 Å². The number of thiophene rings is 1. The number of methoxy groups -OCH3 is 1. The van der Waals surface area contributed by atoms with Crippen LogP contribution in [0.3, 0.4) is 0 Å². The van der Waals surface area contributed by atoms with Gasteiger partial charge in [-0.15, -0.1) is 11.3 Å². The van der Waals surface area contributed by atoms with Gasteiger partial charge in [-0.3, -0.25) is 4.31 Å². The van der Waals surface area contributed by atoms with E-state index in [2.05, 4.69) is 0 Å². The molecule has 0 bridgehead atoms. The number of rotatable bonds is 5. The minimum atomic E-state index is -3.55. The second-order valence-corrected chi connectivity index (χ2v) is 7.46. The summed E-state index contributed by atoms with van der Waals surface area (Å²) in [6.45, 7) is 0.340. The zero-order valence-corrected chi connectivity index (χ0v) is 12.9. The molecule has 0 unspecified atom stereocenters. The molecule has 0 fully saturated rings. The molecule has 0 amide bonds. The lowest BCUT2D eigenvalue weighted by Gasteiger charge is -2.18. The Morgan fingerprint density at radius 1 is 1.20 bits per heavy atom. The van der Waals surface area contributed by atoms with Crippen LogP contribution in [0.2, 0.25) is 0 Å². The zero-order valence-electron chi connectivity index (χ0n) is 11.2. The molecule has 0 saturated heterocycles. The lowest BCUT2D eigenvalue weighted by atomic mass is 10.3. The largest absolute Gasteiger partial charge is 0.497 e. The average Bonchev–Trinajstić information content (AvgIpc) is 2.96. The van der Waals surface area contributed by atoms with Crippen LogP contribution in [-0.4, -0.2) is 22.6 Å². The third-order valence-electron chi connectivity index (χ3n) is 2.89. The van der Waals surface area contributed by atoms with Gasteiger partial charge in [0.25, 0.3) is 10.0 Å². The predicted molar refractivity (Wildman–Crippen MR) is 80.8 cm³/mol. The standard InChI is InChI=1S/C13H16N2O3S2/c1-15(10-3-5-11(18-2)6-4-10)20(16,17)13-8-7-12(9-14)19-13/h3-8H,9,14H2,1-2H3. The molecule has 5 nitrogen and oxygen atoms in total. The number of anilines is 1. The van der Waals surface area contributed by atoms with Crippen molar-refractivity contribution in [1.82, 2.24) is 0 Å². The molecule has 0 spiro atoms. The van der Waals surface area contributed by atoms with E-state index < -0.39 is 10.0 Å². The first kappa shape index (κ1) is 14.8. The number of hydrogen-bond donors (Lipinski definition) is 1. The van der Waals surface area contributed by atoms with Gasteiger partial charge in [0.05, 0.1) is 12.8 Å². The van der Waals surface area contributed by atoms with Gasteiger partial charge in [0, 0.05) is 18.5 Å². The van der Waals surface area contributed by atoms with Crippen LogP contribution in [-0.2, 0) is 16.6 Å². The monoisotopic (exact) mass is 312 g/mol. The van der Waals surface area contributed by atoms with Gasteiger partial charge in [-0.1, -0.05) is 0 Å². The number of sulfonamides is 1. The lowest BCUT2D eigenvalue weighted by Crippen LogP contribution is -2.25. The van der Waals surface area contributed by atoms with E-state index in [9.17, 15) is 8.42 Å². The molecule has 2 aromatic rings. The smallest absolute Gasteiger partial charge is 0.273 e. The topological polar surface area (TPSA) is 72.6 Å². The Bertz CT molecular complexity index is 678. The summed E-state index contributed by atoms with van der Waals surface area (Å²) in [6.07, 6.45) is 0. The van der Waals surface area contributed by atoms with E-state index in [-0.39, 0.29) is 4.21 Å². The van der Waals surface area contributed by atoms with E-state index >= 15 is 0 Å². The number of ether oxygens (including phenoxy) is 1. The first-order chi connectivity index (χ1) is 9.48. The van der Waals surface area contributed by atoms with E-state index in [1.807, 2.05) is 0 Å². The number of hydrogen-bond acceptors (Lipinski definition) is 5. The van der Waals surface area contributed by atoms with E-state index in [0.717, 1.165) is 4.88 Å². The third kappa shape index (κ3) is 2.79. The van der Waals surface area contributed by atoms with Crippen LogP contribution in [0.25, 0.3) is 0 Å². The molecule has 0 aliphatic carbocycles. The molecular formula is C13H16N2O3S2. The maximum atomic E-state index is 12.5. The third-order valence-corrected chi connectivity index (χ3v) is 6.25. The van der Waals surface area contributed by atoms with Gasteiger partial charge in [0.15, 0.2) is 0 Å². The fourth-order valence-electron chi connectivity index (χ4n) is 1.67. The lowest BCUT2D eigenvalue weighted by molar-refractivity contribution is 0.415. The van der Waals surface area contributed by atoms with Gasteiger partial charge >= 0.3 is 0 Å². The second-order valence-electron chi connectivity index (χ2n) is 4.10. The second kappa shape index (κ2) is 5.82. The van der Waals surface area contributed by atoms with Crippen LogP contribution in [0.15, 0.2) is 40.6 Å². The summed E-state index contributed by atoms with van der Waals surface area (Å²) in [5.41, 5.74) is 6.09. The summed E-state index contributed by atoms with van der Waals surface area (Å²) >= 11 is 1.19. The SMILES string of the molecule is COc1ccc(N(C)S(=O)(=O)c2ccc(CN)s2)cc1. The van der Waals surface area contributed by atoms with Crippen LogP contribution in [0, 0.1) is 0 Å². The number of benzene rings is 1. The highest BCUT2D eigenvalue weighted by Gasteiger charge is 2.23. The fraction of sp³-hybridized carbons (Fsp3) is 0.231. The van der Waals surface area contributed by atoms with Crippen molar-refractivity contribution in [2.24, 2.45) is 5.73 Å². The van der Waals surface area contributed by atoms with Gasteiger partial charge in [-0.05, 0) is 36.4 Å². The highest BCUT2D eigenvalue weighted by atomic mass is 32.2. The summed E-state index contributed by atoms with van der Waals surface area (Å²) in [5.74, 6) is 0.682. The van der Waals surface area contributed by atoms with Crippen LogP contribution >= 0.6 is 11.3 Å². The predicted octanol–water partition coefficient (Wildman–Crippen LogP) is 2.04. The van der Waals surface area contributed by atoms with Crippen molar-refractivity contribution in [3.63, 3.8) is 0 Å². The minimum absolute atomic E-state index is 0.288.